The van der Waals surface area contributed by atoms with E-state index in [0.29, 0.717) is 16.5 Å². The number of aromatic carboxylic acids is 1. The van der Waals surface area contributed by atoms with E-state index < -0.39 is 22.0 Å². The Morgan fingerprint density at radius 1 is 1.26 bits per heavy atom. The summed E-state index contributed by atoms with van der Waals surface area (Å²) in [7, 11) is -3.92. The largest absolute Gasteiger partial charge is 0.487 e. The van der Waals surface area contributed by atoms with Gasteiger partial charge in [-0.05, 0) is 56.2 Å². The number of hydrogen-bond acceptors (Lipinski definition) is 6. The van der Waals surface area contributed by atoms with Gasteiger partial charge in [-0.25, -0.2) is 9.78 Å². The van der Waals surface area contributed by atoms with Gasteiger partial charge in [-0.15, -0.1) is 11.3 Å². The van der Waals surface area contributed by atoms with E-state index in [1.807, 2.05) is 0 Å². The van der Waals surface area contributed by atoms with Crippen LogP contribution < -0.4 is 9.04 Å². The maximum Gasteiger partial charge on any atom is 0.335 e. The van der Waals surface area contributed by atoms with Crippen LogP contribution in [0.4, 0.5) is 5.69 Å². The summed E-state index contributed by atoms with van der Waals surface area (Å²) in [6, 6.07) is 9.12. The van der Waals surface area contributed by atoms with Crippen molar-refractivity contribution in [1.29, 1.82) is 0 Å². The van der Waals surface area contributed by atoms with E-state index in [9.17, 15) is 13.2 Å². The third-order valence-corrected chi connectivity index (χ3v) is 8.01. The molecule has 7 nitrogen and oxygen atoms in total. The monoisotopic (exact) mass is 480 g/mol. The molecule has 31 heavy (non-hydrogen) atoms. The molecule has 3 rings (SSSR count). The molecule has 0 spiro atoms. The summed E-state index contributed by atoms with van der Waals surface area (Å²) in [5.74, 6) is -0.666. The smallest absolute Gasteiger partial charge is 0.335 e. The number of sulfonamides is 1. The van der Waals surface area contributed by atoms with Gasteiger partial charge in [0.2, 0.25) is 4.34 Å². The van der Waals surface area contributed by atoms with Gasteiger partial charge in [0.1, 0.15) is 12.4 Å². The zero-order valence-corrected chi connectivity index (χ0v) is 19.5. The molecule has 0 aliphatic rings. The van der Waals surface area contributed by atoms with E-state index in [2.05, 4.69) is 4.98 Å². The lowest BCUT2D eigenvalue weighted by atomic mass is 10.1. The Morgan fingerprint density at radius 2 is 1.94 bits per heavy atom. The van der Waals surface area contributed by atoms with Gasteiger partial charge in [0.25, 0.3) is 10.0 Å². The van der Waals surface area contributed by atoms with E-state index >= 15 is 0 Å². The number of anilines is 1. The fraction of sp³-hybridized carbons (Fsp3) is 0.238. The molecule has 0 amide bonds. The van der Waals surface area contributed by atoms with Crippen LogP contribution in [0.2, 0.25) is 5.02 Å². The van der Waals surface area contributed by atoms with Crippen LogP contribution in [0, 0.1) is 6.92 Å². The van der Waals surface area contributed by atoms with Gasteiger partial charge in [0.05, 0.1) is 11.3 Å². The molecule has 0 fully saturated rings. The van der Waals surface area contributed by atoms with Gasteiger partial charge in [0, 0.05) is 22.6 Å². The summed E-state index contributed by atoms with van der Waals surface area (Å²) in [6.07, 6.45) is 1.44. The number of nitrogens with zero attached hydrogens (tertiary/aromatic N) is 2. The number of thiazole rings is 1. The second-order valence-electron chi connectivity index (χ2n) is 7.05. The SMILES string of the molecule is Cc1cc(OCc2ccc(C(=O)O)cc2)c(N(C(C)C)S(=O)(=O)c2nccs2)cc1Cl. The molecule has 0 saturated carbocycles. The molecule has 1 N–H and O–H groups in total. The van der Waals surface area contributed by atoms with Gasteiger partial charge >= 0.3 is 5.97 Å². The van der Waals surface area contributed by atoms with Crippen LogP contribution in [-0.4, -0.2) is 30.5 Å². The van der Waals surface area contributed by atoms with Gasteiger partial charge in [-0.1, -0.05) is 23.7 Å². The quantitative estimate of drug-likeness (QED) is 0.488. The molecule has 0 radical (unpaired) electrons. The third kappa shape index (κ3) is 5.00. The maximum atomic E-state index is 13.3. The van der Waals surface area contributed by atoms with E-state index in [0.717, 1.165) is 22.5 Å². The van der Waals surface area contributed by atoms with Gasteiger partial charge < -0.3 is 9.84 Å². The molecule has 3 aromatic rings. The number of benzene rings is 2. The maximum absolute atomic E-state index is 13.3. The van der Waals surface area contributed by atoms with Crippen molar-refractivity contribution in [3.05, 3.63) is 69.7 Å². The number of carboxylic acids is 1. The standard InChI is InChI=1S/C21H21ClN2O5S2/c1-13(2)24(31(27,28)21-23-8-9-30-21)18-11-17(22)14(3)10-19(18)29-12-15-4-6-16(7-5-15)20(25)26/h4-11,13H,12H2,1-3H3,(H,25,26). The average Bonchev–Trinajstić information content (AvgIpc) is 3.25. The van der Waals surface area contributed by atoms with Crippen molar-refractivity contribution in [2.24, 2.45) is 0 Å². The minimum atomic E-state index is -3.92. The van der Waals surface area contributed by atoms with Crippen LogP contribution in [0.1, 0.15) is 35.3 Å². The van der Waals surface area contributed by atoms with Crippen molar-refractivity contribution in [3.63, 3.8) is 0 Å². The highest BCUT2D eigenvalue weighted by Gasteiger charge is 2.32. The Morgan fingerprint density at radius 3 is 2.48 bits per heavy atom. The molecular weight excluding hydrogens is 460 g/mol. The summed E-state index contributed by atoms with van der Waals surface area (Å²) in [5.41, 5.74) is 1.95. The third-order valence-electron chi connectivity index (χ3n) is 4.43. The fourth-order valence-corrected chi connectivity index (χ4v) is 5.67. The Labute approximate surface area is 189 Å². The molecular formula is C21H21ClN2O5S2. The van der Waals surface area contributed by atoms with Crippen LogP contribution in [0.25, 0.3) is 0 Å². The number of aromatic nitrogens is 1. The Hall–Kier alpha value is -2.62. The number of ether oxygens (including phenoxy) is 1. The lowest BCUT2D eigenvalue weighted by molar-refractivity contribution is 0.0697. The molecule has 0 bridgehead atoms. The van der Waals surface area contributed by atoms with Gasteiger partial charge in [-0.3, -0.25) is 4.31 Å². The Balaban J connectivity index is 1.99. The van der Waals surface area contributed by atoms with Crippen LogP contribution in [0.5, 0.6) is 5.75 Å². The number of hydrogen-bond donors (Lipinski definition) is 1. The van der Waals surface area contributed by atoms with Crippen LogP contribution in [0.15, 0.2) is 52.3 Å². The molecule has 0 aliphatic carbocycles. The highest BCUT2D eigenvalue weighted by atomic mass is 35.5. The van der Waals surface area contributed by atoms with Crippen molar-refractivity contribution in [2.45, 2.75) is 37.8 Å². The first-order valence-corrected chi connectivity index (χ1v) is 12.0. The van der Waals surface area contributed by atoms with E-state index in [1.165, 1.54) is 22.6 Å². The van der Waals surface area contributed by atoms with Crippen molar-refractivity contribution in [1.82, 2.24) is 4.98 Å². The minimum absolute atomic E-state index is 0.0203. The predicted molar refractivity (Wildman–Crippen MR) is 121 cm³/mol. The summed E-state index contributed by atoms with van der Waals surface area (Å²) in [6.45, 7) is 5.44. The number of carboxylic acid groups (broad SMARTS) is 1. The molecule has 0 atom stereocenters. The number of rotatable bonds is 8. The molecule has 0 aliphatic heterocycles. The van der Waals surface area contributed by atoms with Crippen molar-refractivity contribution < 1.29 is 23.1 Å². The van der Waals surface area contributed by atoms with Crippen molar-refractivity contribution in [2.75, 3.05) is 4.31 Å². The van der Waals surface area contributed by atoms with Gasteiger partial charge in [0.15, 0.2) is 0 Å². The summed E-state index contributed by atoms with van der Waals surface area (Å²) < 4.78 is 33.8. The normalized spacial score (nSPS) is 11.5. The minimum Gasteiger partial charge on any atom is -0.487 e. The number of halogens is 1. The second-order valence-corrected chi connectivity index (χ2v) is 10.3. The average molecular weight is 481 g/mol. The summed E-state index contributed by atoms with van der Waals surface area (Å²) in [4.78, 5) is 15.0. The van der Waals surface area contributed by atoms with Crippen LogP contribution >= 0.6 is 22.9 Å². The first-order chi connectivity index (χ1) is 14.6. The number of carbonyl (C=O) groups is 1. The predicted octanol–water partition coefficient (Wildman–Crippen LogP) is 4.99. The molecule has 0 saturated heterocycles. The van der Waals surface area contributed by atoms with Crippen molar-refractivity contribution >= 4 is 44.6 Å². The lowest BCUT2D eigenvalue weighted by Crippen LogP contribution is -2.37. The highest BCUT2D eigenvalue weighted by molar-refractivity contribution is 7.94. The second kappa shape index (κ2) is 9.25. The van der Waals surface area contributed by atoms with E-state index in [1.54, 1.807) is 50.4 Å². The Bertz CT molecular complexity index is 1180. The highest BCUT2D eigenvalue weighted by Crippen LogP contribution is 2.38. The summed E-state index contributed by atoms with van der Waals surface area (Å²) in [5, 5.41) is 11.0. The van der Waals surface area contributed by atoms with Crippen LogP contribution in [0.3, 0.4) is 0 Å². The van der Waals surface area contributed by atoms with Crippen LogP contribution in [-0.2, 0) is 16.6 Å². The molecule has 2 aromatic carbocycles. The fourth-order valence-electron chi connectivity index (χ4n) is 2.94. The topological polar surface area (TPSA) is 96.8 Å². The molecule has 0 unspecified atom stereocenters. The zero-order valence-electron chi connectivity index (χ0n) is 17.1. The lowest BCUT2D eigenvalue weighted by Gasteiger charge is -2.29. The first kappa shape index (κ1) is 23.1. The number of aryl methyl sites for hydroxylation is 1. The Kier molecular flexibility index (Phi) is 6.88. The van der Waals surface area contributed by atoms with Gasteiger partial charge in [-0.2, -0.15) is 8.42 Å². The molecule has 164 valence electrons. The molecule has 1 heterocycles. The first-order valence-electron chi connectivity index (χ1n) is 9.30. The van der Waals surface area contributed by atoms with Crippen molar-refractivity contribution in [3.8, 4) is 5.75 Å². The molecule has 1 aromatic heterocycles. The summed E-state index contributed by atoms with van der Waals surface area (Å²) >= 11 is 7.36. The molecule has 10 heteroatoms. The van der Waals surface area contributed by atoms with E-state index in [-0.39, 0.29) is 16.5 Å². The zero-order chi connectivity index (χ0) is 22.8. The van der Waals surface area contributed by atoms with E-state index in [4.69, 9.17) is 21.4 Å².